The first-order valence-corrected chi connectivity index (χ1v) is 8.29. The molecule has 1 saturated heterocycles. The monoisotopic (exact) mass is 278 g/mol. The van der Waals surface area contributed by atoms with E-state index in [0.717, 1.165) is 25.7 Å². The summed E-state index contributed by atoms with van der Waals surface area (Å²) in [4.78, 5) is 0. The smallest absolute Gasteiger partial charge is 0.215 e. The molecule has 18 heavy (non-hydrogen) atoms. The van der Waals surface area contributed by atoms with Crippen LogP contribution in [0.4, 0.5) is 0 Å². The first-order valence-electron chi connectivity index (χ1n) is 6.74. The zero-order valence-electron chi connectivity index (χ0n) is 11.6. The molecular weight excluding hydrogens is 252 g/mol. The molecule has 0 aromatic carbocycles. The van der Waals surface area contributed by atoms with Crippen LogP contribution in [0.25, 0.3) is 0 Å². The number of rotatable bonds is 6. The van der Waals surface area contributed by atoms with Crippen LogP contribution in [-0.4, -0.2) is 38.5 Å². The van der Waals surface area contributed by atoms with Crippen LogP contribution in [0, 0.1) is 0 Å². The maximum Gasteiger partial charge on any atom is 0.215 e. The minimum absolute atomic E-state index is 0.0300. The summed E-state index contributed by atoms with van der Waals surface area (Å²) in [5.74, 6) is 0. The molecule has 1 fully saturated rings. The van der Waals surface area contributed by atoms with E-state index in [4.69, 9.17) is 10.5 Å². The van der Waals surface area contributed by atoms with Gasteiger partial charge in [0, 0.05) is 19.2 Å². The summed E-state index contributed by atoms with van der Waals surface area (Å²) in [6.07, 6.45) is 3.30. The van der Waals surface area contributed by atoms with Crippen molar-refractivity contribution in [3.63, 3.8) is 0 Å². The first kappa shape index (κ1) is 15.9. The molecule has 0 saturated carbocycles. The molecule has 6 heteroatoms. The summed E-state index contributed by atoms with van der Waals surface area (Å²) >= 11 is 0. The largest absolute Gasteiger partial charge is 0.375 e. The Kier molecular flexibility index (Phi) is 5.58. The topological polar surface area (TPSA) is 81.4 Å². The third kappa shape index (κ3) is 3.66. The molecule has 1 rings (SSSR count). The van der Waals surface area contributed by atoms with E-state index in [1.165, 1.54) is 0 Å². The molecular formula is C12H26N2O3S. The number of hydrogen-bond donors (Lipinski definition) is 2. The van der Waals surface area contributed by atoms with Crippen molar-refractivity contribution in [3.8, 4) is 0 Å². The van der Waals surface area contributed by atoms with Crippen molar-refractivity contribution in [2.45, 2.75) is 63.3 Å². The average Bonchev–Trinajstić information content (AvgIpc) is 2.37. The lowest BCUT2D eigenvalue weighted by molar-refractivity contribution is -0.0905. The molecule has 1 heterocycles. The Bertz CT molecular complexity index is 352. The van der Waals surface area contributed by atoms with Crippen molar-refractivity contribution < 1.29 is 13.2 Å². The van der Waals surface area contributed by atoms with E-state index in [1.54, 1.807) is 6.92 Å². The van der Waals surface area contributed by atoms with Crippen molar-refractivity contribution >= 4 is 10.0 Å². The van der Waals surface area contributed by atoms with Crippen molar-refractivity contribution in [1.29, 1.82) is 0 Å². The van der Waals surface area contributed by atoms with Crippen molar-refractivity contribution in [3.05, 3.63) is 0 Å². The predicted octanol–water partition coefficient (Wildman–Crippen LogP) is 0.991. The van der Waals surface area contributed by atoms with Gasteiger partial charge < -0.3 is 10.5 Å². The molecule has 2 unspecified atom stereocenters. The van der Waals surface area contributed by atoms with Crippen LogP contribution >= 0.6 is 0 Å². The highest BCUT2D eigenvalue weighted by molar-refractivity contribution is 7.90. The van der Waals surface area contributed by atoms with Gasteiger partial charge in [0.15, 0.2) is 0 Å². The summed E-state index contributed by atoms with van der Waals surface area (Å²) in [6.45, 7) is 6.57. The minimum Gasteiger partial charge on any atom is -0.375 e. The van der Waals surface area contributed by atoms with Gasteiger partial charge in [-0.05, 0) is 32.6 Å². The third-order valence-corrected chi connectivity index (χ3v) is 5.89. The van der Waals surface area contributed by atoms with Gasteiger partial charge in [-0.2, -0.15) is 0 Å². The quantitative estimate of drug-likeness (QED) is 0.759. The maximum atomic E-state index is 12.0. The molecule has 0 radical (unpaired) electrons. The Morgan fingerprint density at radius 3 is 2.56 bits per heavy atom. The minimum atomic E-state index is -3.31. The molecule has 1 aliphatic heterocycles. The number of ether oxygens (including phenoxy) is 1. The molecule has 0 amide bonds. The van der Waals surface area contributed by atoms with Crippen molar-refractivity contribution in [1.82, 2.24) is 4.72 Å². The van der Waals surface area contributed by atoms with E-state index >= 15 is 0 Å². The molecule has 0 spiro atoms. The summed E-state index contributed by atoms with van der Waals surface area (Å²) in [6, 6.07) is -0.0300. The van der Waals surface area contributed by atoms with E-state index in [1.807, 2.05) is 0 Å². The lowest BCUT2D eigenvalue weighted by atomic mass is 9.86. The third-order valence-electron chi connectivity index (χ3n) is 3.97. The summed E-state index contributed by atoms with van der Waals surface area (Å²) in [5, 5.41) is -0.544. The lowest BCUT2D eigenvalue weighted by Gasteiger charge is -2.40. The van der Waals surface area contributed by atoms with Gasteiger partial charge in [0.1, 0.15) is 0 Å². The van der Waals surface area contributed by atoms with E-state index in [0.29, 0.717) is 6.61 Å². The van der Waals surface area contributed by atoms with E-state index in [9.17, 15) is 8.42 Å². The molecule has 0 bridgehead atoms. The molecule has 2 atom stereocenters. The van der Waals surface area contributed by atoms with Gasteiger partial charge >= 0.3 is 0 Å². The highest BCUT2D eigenvalue weighted by atomic mass is 32.2. The van der Waals surface area contributed by atoms with E-state index in [2.05, 4.69) is 18.6 Å². The molecule has 0 aromatic rings. The Balaban J connectivity index is 2.69. The second-order valence-corrected chi connectivity index (χ2v) is 7.27. The van der Waals surface area contributed by atoms with Crippen LogP contribution in [0.5, 0.6) is 0 Å². The average molecular weight is 278 g/mol. The maximum absolute atomic E-state index is 12.0. The summed E-state index contributed by atoms with van der Waals surface area (Å²) in [7, 11) is -3.31. The molecule has 108 valence electrons. The fourth-order valence-corrected chi connectivity index (χ4v) is 3.50. The summed E-state index contributed by atoms with van der Waals surface area (Å²) in [5.41, 5.74) is 5.26. The van der Waals surface area contributed by atoms with Gasteiger partial charge in [-0.25, -0.2) is 13.1 Å². The fraction of sp³-hybridized carbons (Fsp3) is 1.00. The first-order chi connectivity index (χ1) is 8.39. The SMILES string of the molecule is CCC1(CC)CC(NS(=O)(=O)C(C)CN)CCO1. The fourth-order valence-electron chi connectivity index (χ4n) is 2.35. The second-order valence-electron chi connectivity index (χ2n) is 5.14. The highest BCUT2D eigenvalue weighted by Gasteiger charge is 2.36. The molecule has 3 N–H and O–H groups in total. The number of nitrogens with one attached hydrogen (secondary N) is 1. The van der Waals surface area contributed by atoms with E-state index < -0.39 is 15.3 Å². The van der Waals surface area contributed by atoms with Crippen LogP contribution in [0.2, 0.25) is 0 Å². The van der Waals surface area contributed by atoms with Crippen LogP contribution in [0.1, 0.15) is 46.5 Å². The molecule has 0 aromatic heterocycles. The van der Waals surface area contributed by atoms with E-state index in [-0.39, 0.29) is 18.2 Å². The highest BCUT2D eigenvalue weighted by Crippen LogP contribution is 2.31. The van der Waals surface area contributed by atoms with Crippen LogP contribution in [0.3, 0.4) is 0 Å². The zero-order valence-corrected chi connectivity index (χ0v) is 12.4. The second kappa shape index (κ2) is 6.32. The molecule has 0 aliphatic carbocycles. The number of hydrogen-bond acceptors (Lipinski definition) is 4. The lowest BCUT2D eigenvalue weighted by Crippen LogP contribution is -2.50. The predicted molar refractivity (Wildman–Crippen MR) is 72.9 cm³/mol. The van der Waals surface area contributed by atoms with Crippen LogP contribution in [-0.2, 0) is 14.8 Å². The van der Waals surface area contributed by atoms with Gasteiger partial charge in [-0.15, -0.1) is 0 Å². The van der Waals surface area contributed by atoms with Gasteiger partial charge in [0.25, 0.3) is 0 Å². The normalized spacial score (nSPS) is 25.9. The van der Waals surface area contributed by atoms with Gasteiger partial charge in [0.2, 0.25) is 10.0 Å². The molecule has 1 aliphatic rings. The summed E-state index contributed by atoms with van der Waals surface area (Å²) < 4.78 is 32.6. The van der Waals surface area contributed by atoms with Crippen LogP contribution < -0.4 is 10.5 Å². The van der Waals surface area contributed by atoms with Gasteiger partial charge in [-0.3, -0.25) is 0 Å². The number of sulfonamides is 1. The Morgan fingerprint density at radius 2 is 2.06 bits per heavy atom. The Labute approximate surface area is 111 Å². The standard InChI is InChI=1S/C12H26N2O3S/c1-4-12(5-2)8-11(6-7-17-12)14-18(15,16)10(3)9-13/h10-11,14H,4-9,13H2,1-3H3. The zero-order chi connectivity index (χ0) is 13.8. The van der Waals surface area contributed by atoms with Crippen molar-refractivity contribution in [2.75, 3.05) is 13.2 Å². The Morgan fingerprint density at radius 1 is 1.44 bits per heavy atom. The van der Waals surface area contributed by atoms with Crippen molar-refractivity contribution in [2.24, 2.45) is 5.73 Å². The van der Waals surface area contributed by atoms with Crippen LogP contribution in [0.15, 0.2) is 0 Å². The number of nitrogens with two attached hydrogens (primary N) is 1. The van der Waals surface area contributed by atoms with Gasteiger partial charge in [0.05, 0.1) is 10.9 Å². The Hall–Kier alpha value is -0.170. The molecule has 5 nitrogen and oxygen atoms in total. The van der Waals surface area contributed by atoms with Gasteiger partial charge in [-0.1, -0.05) is 13.8 Å².